The van der Waals surface area contributed by atoms with Crippen LogP contribution in [0.15, 0.2) is 0 Å². The summed E-state index contributed by atoms with van der Waals surface area (Å²) in [4.78, 5) is 14.3. The molecule has 0 aromatic carbocycles. The Labute approximate surface area is 92.2 Å². The Hall–Kier alpha value is -0.570. The Bertz CT molecular complexity index is 236. The number of carbonyl (C=O) groups is 1. The highest BCUT2D eigenvalue weighted by Crippen LogP contribution is 2.26. The molecule has 2 aliphatic rings. The number of carbonyl (C=O) groups excluding carboxylic acids is 1. The van der Waals surface area contributed by atoms with Gasteiger partial charge >= 0.3 is 0 Å². The molecular formula is C12H22N2O. The van der Waals surface area contributed by atoms with Gasteiger partial charge in [0.25, 0.3) is 0 Å². The minimum absolute atomic E-state index is 0.242. The van der Waals surface area contributed by atoms with Crippen molar-refractivity contribution >= 4 is 5.91 Å². The maximum Gasteiger partial charge on any atom is 0.227 e. The molecule has 2 rings (SSSR count). The van der Waals surface area contributed by atoms with Gasteiger partial charge in [0.1, 0.15) is 0 Å². The summed E-state index contributed by atoms with van der Waals surface area (Å²) in [5.41, 5.74) is 0. The van der Waals surface area contributed by atoms with E-state index in [2.05, 4.69) is 24.1 Å². The van der Waals surface area contributed by atoms with Gasteiger partial charge in [0, 0.05) is 19.1 Å². The lowest BCUT2D eigenvalue weighted by Gasteiger charge is -2.30. The molecule has 3 heteroatoms. The van der Waals surface area contributed by atoms with Crippen molar-refractivity contribution in [3.8, 4) is 0 Å². The zero-order valence-corrected chi connectivity index (χ0v) is 9.83. The first-order valence-corrected chi connectivity index (χ1v) is 6.21. The van der Waals surface area contributed by atoms with Crippen LogP contribution in [0.3, 0.4) is 0 Å². The Morgan fingerprint density at radius 3 is 2.67 bits per heavy atom. The largest absolute Gasteiger partial charge is 0.339 e. The second-order valence-electron chi connectivity index (χ2n) is 5.08. The molecule has 2 saturated heterocycles. The molecule has 0 aromatic rings. The van der Waals surface area contributed by atoms with Gasteiger partial charge in [-0.1, -0.05) is 6.92 Å². The number of hydrogen-bond acceptors (Lipinski definition) is 2. The number of nitrogens with one attached hydrogen (secondary N) is 1. The molecule has 15 heavy (non-hydrogen) atoms. The van der Waals surface area contributed by atoms with Gasteiger partial charge in [0.15, 0.2) is 0 Å². The summed E-state index contributed by atoms with van der Waals surface area (Å²) >= 11 is 0. The number of piperidine rings is 1. The van der Waals surface area contributed by atoms with Crippen LogP contribution in [0.5, 0.6) is 0 Å². The van der Waals surface area contributed by atoms with E-state index in [0.29, 0.717) is 17.9 Å². The summed E-state index contributed by atoms with van der Waals surface area (Å²) in [5.74, 6) is 1.30. The molecule has 0 aliphatic carbocycles. The van der Waals surface area contributed by atoms with E-state index in [-0.39, 0.29) is 5.92 Å². The van der Waals surface area contributed by atoms with E-state index < -0.39 is 0 Å². The van der Waals surface area contributed by atoms with Gasteiger partial charge < -0.3 is 10.2 Å². The van der Waals surface area contributed by atoms with Crippen LogP contribution in [-0.2, 0) is 4.79 Å². The number of nitrogens with zero attached hydrogens (tertiary/aromatic N) is 1. The molecule has 1 amide bonds. The van der Waals surface area contributed by atoms with Crippen LogP contribution >= 0.6 is 0 Å². The molecule has 0 saturated carbocycles. The van der Waals surface area contributed by atoms with Crippen molar-refractivity contribution in [2.45, 2.75) is 39.2 Å². The van der Waals surface area contributed by atoms with Gasteiger partial charge in [0.05, 0.1) is 5.92 Å². The number of hydrogen-bond donors (Lipinski definition) is 1. The zero-order chi connectivity index (χ0) is 10.8. The maximum atomic E-state index is 12.2. The summed E-state index contributed by atoms with van der Waals surface area (Å²) in [7, 11) is 0. The first-order chi connectivity index (χ1) is 7.20. The lowest BCUT2D eigenvalue weighted by molar-refractivity contribution is -0.136. The fraction of sp³-hybridized carbons (Fsp3) is 0.917. The van der Waals surface area contributed by atoms with Crippen LogP contribution in [0.4, 0.5) is 0 Å². The highest BCUT2D eigenvalue weighted by molar-refractivity contribution is 5.79. The van der Waals surface area contributed by atoms with Gasteiger partial charge in [-0.15, -0.1) is 0 Å². The molecule has 3 atom stereocenters. The molecule has 2 aliphatic heterocycles. The molecule has 86 valence electrons. The van der Waals surface area contributed by atoms with E-state index in [1.165, 1.54) is 6.42 Å². The molecule has 2 heterocycles. The van der Waals surface area contributed by atoms with Crippen LogP contribution in [0.2, 0.25) is 0 Å². The summed E-state index contributed by atoms with van der Waals surface area (Å²) < 4.78 is 0. The normalized spacial score (nSPS) is 36.9. The van der Waals surface area contributed by atoms with E-state index in [9.17, 15) is 4.79 Å². The topological polar surface area (TPSA) is 32.3 Å². The van der Waals surface area contributed by atoms with Gasteiger partial charge in [-0.25, -0.2) is 0 Å². The first kappa shape index (κ1) is 10.9. The SMILES string of the molecule is CC1CCN(C(=O)C2CCCNC2)C1C. The standard InChI is InChI=1S/C12H22N2O/c1-9-5-7-14(10(9)2)12(15)11-4-3-6-13-8-11/h9-11,13H,3-8H2,1-2H3. The predicted molar refractivity (Wildman–Crippen MR) is 60.5 cm³/mol. The molecule has 0 bridgehead atoms. The van der Waals surface area contributed by atoms with Gasteiger partial charge in [0.2, 0.25) is 5.91 Å². The van der Waals surface area contributed by atoms with Crippen molar-refractivity contribution in [1.82, 2.24) is 10.2 Å². The fourth-order valence-electron chi connectivity index (χ4n) is 2.70. The molecule has 1 N–H and O–H groups in total. The van der Waals surface area contributed by atoms with Crippen LogP contribution < -0.4 is 5.32 Å². The minimum atomic E-state index is 0.242. The zero-order valence-electron chi connectivity index (χ0n) is 9.83. The lowest BCUT2D eigenvalue weighted by Crippen LogP contribution is -2.44. The maximum absolute atomic E-state index is 12.2. The predicted octanol–water partition coefficient (Wildman–Crippen LogP) is 1.24. The van der Waals surface area contributed by atoms with Crippen LogP contribution in [-0.4, -0.2) is 36.5 Å². The monoisotopic (exact) mass is 210 g/mol. The average molecular weight is 210 g/mol. The third kappa shape index (κ3) is 2.17. The second-order valence-corrected chi connectivity index (χ2v) is 5.08. The van der Waals surface area contributed by atoms with Crippen molar-refractivity contribution < 1.29 is 4.79 Å². The molecule has 3 unspecified atom stereocenters. The van der Waals surface area contributed by atoms with Crippen molar-refractivity contribution in [2.75, 3.05) is 19.6 Å². The summed E-state index contributed by atoms with van der Waals surface area (Å²) in [5, 5.41) is 3.32. The Kier molecular flexibility index (Phi) is 3.29. The highest BCUT2D eigenvalue weighted by atomic mass is 16.2. The smallest absolute Gasteiger partial charge is 0.227 e. The summed E-state index contributed by atoms with van der Waals surface area (Å²) in [6.07, 6.45) is 3.39. The number of likely N-dealkylation sites (tertiary alicyclic amines) is 1. The van der Waals surface area contributed by atoms with Gasteiger partial charge in [-0.05, 0) is 38.6 Å². The third-order valence-electron chi connectivity index (χ3n) is 4.07. The van der Waals surface area contributed by atoms with E-state index in [1.807, 2.05) is 0 Å². The van der Waals surface area contributed by atoms with Crippen LogP contribution in [0, 0.1) is 11.8 Å². The van der Waals surface area contributed by atoms with Crippen LogP contribution in [0.1, 0.15) is 33.1 Å². The average Bonchev–Trinajstić information content (AvgIpc) is 2.60. The first-order valence-electron chi connectivity index (χ1n) is 6.21. The summed E-state index contributed by atoms with van der Waals surface area (Å²) in [6.45, 7) is 7.37. The number of amides is 1. The Morgan fingerprint density at radius 1 is 1.33 bits per heavy atom. The fourth-order valence-corrected chi connectivity index (χ4v) is 2.70. The van der Waals surface area contributed by atoms with Gasteiger partial charge in [-0.3, -0.25) is 4.79 Å². The molecular weight excluding hydrogens is 188 g/mol. The second kappa shape index (κ2) is 4.52. The molecule has 0 aromatic heterocycles. The molecule has 2 fully saturated rings. The van der Waals surface area contributed by atoms with E-state index in [4.69, 9.17) is 0 Å². The van der Waals surface area contributed by atoms with Gasteiger partial charge in [-0.2, -0.15) is 0 Å². The van der Waals surface area contributed by atoms with E-state index >= 15 is 0 Å². The minimum Gasteiger partial charge on any atom is -0.339 e. The highest BCUT2D eigenvalue weighted by Gasteiger charge is 2.34. The van der Waals surface area contributed by atoms with Crippen molar-refractivity contribution in [2.24, 2.45) is 11.8 Å². The Morgan fingerprint density at radius 2 is 2.13 bits per heavy atom. The van der Waals surface area contributed by atoms with Crippen molar-refractivity contribution in [3.63, 3.8) is 0 Å². The number of rotatable bonds is 1. The Balaban J connectivity index is 1.95. The lowest BCUT2D eigenvalue weighted by atomic mass is 9.97. The molecule has 0 radical (unpaired) electrons. The van der Waals surface area contributed by atoms with E-state index in [1.54, 1.807) is 0 Å². The third-order valence-corrected chi connectivity index (χ3v) is 4.07. The van der Waals surface area contributed by atoms with Crippen LogP contribution in [0.25, 0.3) is 0 Å². The summed E-state index contributed by atoms with van der Waals surface area (Å²) in [6, 6.07) is 0.444. The van der Waals surface area contributed by atoms with Crippen molar-refractivity contribution in [3.05, 3.63) is 0 Å². The van der Waals surface area contributed by atoms with E-state index in [0.717, 1.165) is 32.5 Å². The van der Waals surface area contributed by atoms with Crippen molar-refractivity contribution in [1.29, 1.82) is 0 Å². The molecule has 3 nitrogen and oxygen atoms in total. The quantitative estimate of drug-likeness (QED) is 0.706. The molecule has 0 spiro atoms.